The summed E-state index contributed by atoms with van der Waals surface area (Å²) in [5.41, 5.74) is 19.1. The third-order valence-electron chi connectivity index (χ3n) is 8.91. The molecule has 0 aromatic heterocycles. The zero-order chi connectivity index (χ0) is 54.7. The van der Waals surface area contributed by atoms with Gasteiger partial charge in [-0.15, -0.1) is 18.6 Å². The van der Waals surface area contributed by atoms with Crippen LogP contribution in [0.5, 0.6) is 0 Å². The monoisotopic (exact) mass is 1440 g/mol. The molecule has 5 aromatic carbocycles. The van der Waals surface area contributed by atoms with Crippen molar-refractivity contribution in [2.24, 2.45) is 31.4 Å². The summed E-state index contributed by atoms with van der Waals surface area (Å²) in [4.78, 5) is 35.9. The van der Waals surface area contributed by atoms with E-state index in [-0.39, 0.29) is 176 Å². The summed E-state index contributed by atoms with van der Waals surface area (Å²) < 4.78 is 21.9. The zero-order valence-electron chi connectivity index (χ0n) is 47.3. The number of nitrogens with zero attached hydrogens (tertiary/aromatic N) is 4. The molecule has 0 fully saturated rings. The van der Waals surface area contributed by atoms with Crippen LogP contribution in [0.15, 0.2) is 141 Å². The molecule has 0 unspecified atom stereocenters. The average Bonchev–Trinajstić information content (AvgIpc) is 3.43. The van der Waals surface area contributed by atoms with E-state index >= 15 is 0 Å². The Morgan fingerprint density at radius 1 is 0.462 bits per heavy atom. The van der Waals surface area contributed by atoms with Gasteiger partial charge in [0.05, 0.1) is 0 Å². The number of nitrogens with two attached hydrogens (primary N) is 2. The van der Waals surface area contributed by atoms with E-state index in [1.807, 2.05) is 121 Å². The van der Waals surface area contributed by atoms with E-state index < -0.39 is 0 Å². The molecular weight excluding hydrogens is 1360 g/mol. The van der Waals surface area contributed by atoms with Crippen molar-refractivity contribution in [2.45, 2.75) is 74.1 Å². The number of aliphatic imine (C=N–C) groups is 4. The molecule has 5 aromatic rings. The number of hydrogen-bond acceptors (Lipinski definition) is 14. The normalized spacial score (nSPS) is 9.76. The maximum atomic E-state index is 10.5. The Bertz CT molecular complexity index is 2160. The number of benzene rings is 5. The molecule has 0 amide bonds. The van der Waals surface area contributed by atoms with Gasteiger partial charge in [0.15, 0.2) is 12.6 Å². The maximum Gasteiger partial charge on any atom is 0.183 e. The molecule has 0 atom stereocenters. The van der Waals surface area contributed by atoms with Crippen LogP contribution in [0.4, 0.5) is 0 Å². The first-order chi connectivity index (χ1) is 35.6. The SMILES string of the molecule is CCN.CCOC(OCC)c1ccc(C=O)cc1.[CH2-]N.[CH2-]N=Cc1ccc(C(OCC)OCC)cc1.[CH2-]N=Cc1ccc(C=NCC)cc1.[CH2-]N=Cc1ccc(C=O)cc1.[CH2-]NCc1ccc(CNCC)cc1.[Y].[Y].[Y].[Y].[Y]. The molecule has 0 saturated carbocycles. The molecular formula is C59H83N8O6Y5-5. The number of aldehydes is 2. The van der Waals surface area contributed by atoms with Gasteiger partial charge in [-0.2, -0.15) is 21.1 Å². The van der Waals surface area contributed by atoms with Gasteiger partial charge in [0, 0.05) is 232 Å². The molecule has 78 heavy (non-hydrogen) atoms. The van der Waals surface area contributed by atoms with Gasteiger partial charge in [0.1, 0.15) is 12.6 Å². The van der Waals surface area contributed by atoms with E-state index in [9.17, 15) is 9.59 Å². The quantitative estimate of drug-likeness (QED) is 0.0224. The summed E-state index contributed by atoms with van der Waals surface area (Å²) in [5, 5.41) is 6.17. The van der Waals surface area contributed by atoms with Gasteiger partial charge in [-0.25, -0.2) is 0 Å². The van der Waals surface area contributed by atoms with Crippen molar-refractivity contribution in [3.8, 4) is 0 Å². The first-order valence-corrected chi connectivity index (χ1v) is 24.2. The van der Waals surface area contributed by atoms with Crippen molar-refractivity contribution in [1.82, 2.24) is 10.6 Å². The number of rotatable bonds is 22. The predicted molar refractivity (Wildman–Crippen MR) is 306 cm³/mol. The van der Waals surface area contributed by atoms with Crippen molar-refractivity contribution >= 4 is 37.4 Å². The summed E-state index contributed by atoms with van der Waals surface area (Å²) in [6.45, 7) is 20.6. The molecule has 19 heteroatoms. The molecule has 5 rings (SSSR count). The Kier molecular flexibility index (Phi) is 77.6. The van der Waals surface area contributed by atoms with E-state index in [0.29, 0.717) is 37.6 Å². The Hall–Kier alpha value is -1.07. The van der Waals surface area contributed by atoms with E-state index in [2.05, 4.69) is 103 Å². The summed E-state index contributed by atoms with van der Waals surface area (Å²) in [6.07, 6.45) is 7.95. The second-order valence-electron chi connectivity index (χ2n) is 14.4. The molecule has 0 aliphatic carbocycles. The third-order valence-corrected chi connectivity index (χ3v) is 8.91. The van der Waals surface area contributed by atoms with Gasteiger partial charge in [0.2, 0.25) is 0 Å². The predicted octanol–water partition coefficient (Wildman–Crippen LogP) is 11.0. The Balaban J connectivity index is -0.000000156. The summed E-state index contributed by atoms with van der Waals surface area (Å²) in [6, 6.07) is 38.8. The van der Waals surface area contributed by atoms with Crippen molar-refractivity contribution in [1.29, 1.82) is 0 Å². The Morgan fingerprint density at radius 3 is 0.987 bits per heavy atom. The molecule has 14 nitrogen and oxygen atoms in total. The van der Waals surface area contributed by atoms with Gasteiger partial charge in [-0.1, -0.05) is 152 Å². The molecule has 0 bridgehead atoms. The standard InChI is InChI=1S/C13H18NO2.C12H16O3.C11H17N2.C11H13N2.C9H8NO.C2H7N.CH4N.5Y/c1-4-15-13(16-5-2)12-8-6-11(7-9-12)10-14-3;1-3-14-12(15-4-2)11-7-5-10(9-13)6-8-11;2*1-3-13-9-11-6-4-10(5-7-11)8-12-2;1-10-6-8-2-4-9(7-11)5-3-8;1-2-3;1-2;;;;;/h6-10,13H,3-5H2,1-2H3;5-9,12H,3-4H2,1-2H3;4-7,12-13H,2-3,8-9H2,1H3;4-9H,2-3H2,1H3;2-7H,1H2;2-3H2,1H3;1-2H2;;;;;/q-1;;3*-1;;-1;;;;;. The number of carbonyl (C=O) groups excluding carboxylic acids is 2. The minimum absolute atomic E-state index is 0. The first-order valence-electron chi connectivity index (χ1n) is 24.2. The summed E-state index contributed by atoms with van der Waals surface area (Å²) >= 11 is 0. The van der Waals surface area contributed by atoms with Crippen LogP contribution in [-0.4, -0.2) is 83.5 Å². The molecule has 415 valence electrons. The van der Waals surface area contributed by atoms with Crippen LogP contribution in [0.25, 0.3) is 0 Å². The van der Waals surface area contributed by atoms with Gasteiger partial charge >= 0.3 is 0 Å². The summed E-state index contributed by atoms with van der Waals surface area (Å²) in [7, 11) is 16.5. The number of nitrogens with one attached hydrogen (secondary N) is 2. The number of ether oxygens (including phenoxy) is 4. The van der Waals surface area contributed by atoms with Crippen LogP contribution in [-0.2, 0) is 196 Å². The third kappa shape index (κ3) is 47.4. The molecule has 0 heterocycles. The molecule has 0 aliphatic heterocycles. The topological polar surface area (TPSA) is 197 Å². The average molecular weight is 1440 g/mol. The number of carbonyl (C=O) groups is 2. The molecule has 0 saturated heterocycles. The van der Waals surface area contributed by atoms with Crippen molar-refractivity contribution in [3.05, 3.63) is 212 Å². The minimum atomic E-state index is -0.333. The van der Waals surface area contributed by atoms with Crippen LogP contribution >= 0.6 is 0 Å². The van der Waals surface area contributed by atoms with E-state index in [4.69, 9.17) is 24.7 Å². The van der Waals surface area contributed by atoms with Gasteiger partial charge in [0.25, 0.3) is 0 Å². The molecule has 0 spiro atoms. The largest absolute Gasteiger partial charge is 0.486 e. The van der Waals surface area contributed by atoms with Crippen molar-refractivity contribution in [2.75, 3.05) is 46.1 Å². The van der Waals surface area contributed by atoms with Gasteiger partial charge in [-0.3, -0.25) is 28.7 Å². The maximum absolute atomic E-state index is 10.5. The minimum Gasteiger partial charge on any atom is -0.486 e. The summed E-state index contributed by atoms with van der Waals surface area (Å²) in [5.74, 6) is 0. The fraction of sp³-hybridized carbons (Fsp3) is 0.305. The van der Waals surface area contributed by atoms with Crippen molar-refractivity contribution in [3.63, 3.8) is 0 Å². The molecule has 5 radical (unpaired) electrons. The fourth-order valence-electron chi connectivity index (χ4n) is 5.59. The van der Waals surface area contributed by atoms with Gasteiger partial charge < -0.3 is 56.0 Å². The molecule has 0 aliphatic rings. The van der Waals surface area contributed by atoms with E-state index in [1.54, 1.807) is 42.9 Å². The smallest absolute Gasteiger partial charge is 0.183 e. The van der Waals surface area contributed by atoms with Crippen LogP contribution in [0.1, 0.15) is 126 Å². The van der Waals surface area contributed by atoms with Crippen LogP contribution < -0.4 is 22.1 Å². The first kappa shape index (κ1) is 90.7. The second-order valence-corrected chi connectivity index (χ2v) is 14.4. The van der Waals surface area contributed by atoms with Gasteiger partial charge in [-0.05, 0) is 70.9 Å². The Labute approximate surface area is 595 Å². The fourth-order valence-corrected chi connectivity index (χ4v) is 5.59. The second kappa shape index (κ2) is 66.7. The van der Waals surface area contributed by atoms with Crippen LogP contribution in [0, 0.1) is 35.2 Å². The van der Waals surface area contributed by atoms with Crippen LogP contribution in [0.3, 0.4) is 0 Å². The Morgan fingerprint density at radius 2 is 0.731 bits per heavy atom. The van der Waals surface area contributed by atoms with E-state index in [0.717, 1.165) is 78.7 Å². The zero-order valence-corrected chi connectivity index (χ0v) is 61.5. The van der Waals surface area contributed by atoms with E-state index in [1.165, 1.54) is 11.1 Å². The van der Waals surface area contributed by atoms with Crippen molar-refractivity contribution < 1.29 is 192 Å². The number of hydrogen-bond donors (Lipinski definition) is 4. The molecule has 6 N–H and O–H groups in total. The van der Waals surface area contributed by atoms with Crippen LogP contribution in [0.2, 0.25) is 0 Å².